The second-order valence-electron chi connectivity index (χ2n) is 5.89. The summed E-state index contributed by atoms with van der Waals surface area (Å²) in [5.74, 6) is -0.733. The molecule has 1 aromatic heterocycles. The van der Waals surface area contributed by atoms with Gasteiger partial charge >= 0.3 is 5.97 Å². The largest absolute Gasteiger partial charge is 0.478 e. The van der Waals surface area contributed by atoms with Crippen LogP contribution in [-0.2, 0) is 7.05 Å². The van der Waals surface area contributed by atoms with Crippen LogP contribution in [0.1, 0.15) is 45.2 Å². The van der Waals surface area contributed by atoms with Crippen LogP contribution in [-0.4, -0.2) is 44.8 Å². The quantitative estimate of drug-likeness (QED) is 0.942. The highest BCUT2D eigenvalue weighted by Gasteiger charge is 2.26. The van der Waals surface area contributed by atoms with Crippen LogP contribution in [0.25, 0.3) is 0 Å². The van der Waals surface area contributed by atoms with Gasteiger partial charge in [0, 0.05) is 32.3 Å². The molecule has 3 rings (SSSR count). The van der Waals surface area contributed by atoms with Gasteiger partial charge in [0.05, 0.1) is 5.56 Å². The number of rotatable bonds is 3. The third kappa shape index (κ3) is 3.26. The Labute approximate surface area is 134 Å². The first-order valence-electron chi connectivity index (χ1n) is 7.67. The molecule has 1 aliphatic rings. The fourth-order valence-electron chi connectivity index (χ4n) is 3.02. The lowest BCUT2D eigenvalue weighted by molar-refractivity contribution is 0.0692. The molecule has 0 saturated carbocycles. The predicted molar refractivity (Wildman–Crippen MR) is 84.5 cm³/mol. The maximum absolute atomic E-state index is 12.5. The molecular formula is C17H19N3O3. The van der Waals surface area contributed by atoms with Crippen LogP contribution in [0.5, 0.6) is 0 Å². The van der Waals surface area contributed by atoms with E-state index in [2.05, 4.69) is 5.10 Å². The predicted octanol–water partition coefficient (Wildman–Crippen LogP) is 2.14. The van der Waals surface area contributed by atoms with Crippen molar-refractivity contribution in [3.63, 3.8) is 0 Å². The molecule has 2 aromatic rings. The zero-order chi connectivity index (χ0) is 16.4. The van der Waals surface area contributed by atoms with E-state index in [1.165, 1.54) is 0 Å². The van der Waals surface area contributed by atoms with Gasteiger partial charge in [-0.05, 0) is 36.6 Å². The topological polar surface area (TPSA) is 75.4 Å². The van der Waals surface area contributed by atoms with Crippen molar-refractivity contribution in [3.8, 4) is 0 Å². The number of carboxylic acids is 1. The van der Waals surface area contributed by atoms with Crippen molar-refractivity contribution in [2.24, 2.45) is 7.05 Å². The van der Waals surface area contributed by atoms with E-state index in [-0.39, 0.29) is 17.4 Å². The molecule has 1 saturated heterocycles. The van der Waals surface area contributed by atoms with Gasteiger partial charge in [-0.15, -0.1) is 0 Å². The van der Waals surface area contributed by atoms with Crippen LogP contribution in [0, 0.1) is 0 Å². The first-order valence-corrected chi connectivity index (χ1v) is 7.67. The standard InChI is InChI=1S/C17H19N3O3/c1-19-10-8-15(18-19)16(21)20-9-2-3-14(11-20)12-4-6-13(7-5-12)17(22)23/h4-8,10,14H,2-3,9,11H2,1H3,(H,22,23)/t14-/m0/s1. The van der Waals surface area contributed by atoms with Gasteiger partial charge in [0.1, 0.15) is 5.69 Å². The van der Waals surface area contributed by atoms with Gasteiger partial charge in [-0.2, -0.15) is 5.10 Å². The Kier molecular flexibility index (Phi) is 4.14. The molecule has 1 fully saturated rings. The first kappa shape index (κ1) is 15.3. The number of hydrogen-bond acceptors (Lipinski definition) is 3. The SMILES string of the molecule is Cn1ccc(C(=O)N2CCC[C@H](c3ccc(C(=O)O)cc3)C2)n1. The van der Waals surface area contributed by atoms with E-state index in [1.54, 1.807) is 36.1 Å². The molecule has 1 aromatic carbocycles. The molecule has 0 spiro atoms. The van der Waals surface area contributed by atoms with Gasteiger partial charge in [-0.3, -0.25) is 9.48 Å². The number of aryl methyl sites for hydroxylation is 1. The minimum absolute atomic E-state index is 0.0440. The van der Waals surface area contributed by atoms with E-state index in [0.717, 1.165) is 24.9 Å². The maximum Gasteiger partial charge on any atom is 0.335 e. The second-order valence-corrected chi connectivity index (χ2v) is 5.89. The van der Waals surface area contributed by atoms with Crippen LogP contribution < -0.4 is 0 Å². The smallest absolute Gasteiger partial charge is 0.335 e. The monoisotopic (exact) mass is 313 g/mol. The summed E-state index contributed by atoms with van der Waals surface area (Å²) in [6, 6.07) is 8.67. The molecule has 1 amide bonds. The van der Waals surface area contributed by atoms with Crippen molar-refractivity contribution in [1.29, 1.82) is 0 Å². The number of amides is 1. The average Bonchev–Trinajstić information content (AvgIpc) is 3.01. The van der Waals surface area contributed by atoms with E-state index >= 15 is 0 Å². The lowest BCUT2D eigenvalue weighted by Crippen LogP contribution is -2.39. The van der Waals surface area contributed by atoms with E-state index in [4.69, 9.17) is 5.11 Å². The summed E-state index contributed by atoms with van der Waals surface area (Å²) in [6.45, 7) is 1.38. The number of likely N-dealkylation sites (tertiary alicyclic amines) is 1. The van der Waals surface area contributed by atoms with E-state index in [0.29, 0.717) is 12.2 Å². The molecular weight excluding hydrogens is 294 g/mol. The van der Waals surface area contributed by atoms with Crippen LogP contribution in [0.2, 0.25) is 0 Å². The van der Waals surface area contributed by atoms with Crippen LogP contribution in [0.4, 0.5) is 0 Å². The van der Waals surface area contributed by atoms with Crippen molar-refractivity contribution < 1.29 is 14.7 Å². The third-order valence-electron chi connectivity index (χ3n) is 4.27. The molecule has 0 unspecified atom stereocenters. The number of aromatic nitrogens is 2. The molecule has 2 heterocycles. The lowest BCUT2D eigenvalue weighted by Gasteiger charge is -2.32. The number of benzene rings is 1. The maximum atomic E-state index is 12.5. The number of nitrogens with zero attached hydrogens (tertiary/aromatic N) is 3. The highest BCUT2D eigenvalue weighted by Crippen LogP contribution is 2.27. The highest BCUT2D eigenvalue weighted by atomic mass is 16.4. The van der Waals surface area contributed by atoms with Crippen molar-refractivity contribution in [2.45, 2.75) is 18.8 Å². The van der Waals surface area contributed by atoms with Gasteiger partial charge in [0.2, 0.25) is 0 Å². The minimum Gasteiger partial charge on any atom is -0.478 e. The molecule has 120 valence electrons. The molecule has 0 bridgehead atoms. The molecule has 6 heteroatoms. The Hall–Kier alpha value is -2.63. The number of carboxylic acid groups (broad SMARTS) is 1. The van der Waals surface area contributed by atoms with Gasteiger partial charge in [-0.25, -0.2) is 4.79 Å². The van der Waals surface area contributed by atoms with Crippen LogP contribution >= 0.6 is 0 Å². The van der Waals surface area contributed by atoms with Crippen molar-refractivity contribution in [2.75, 3.05) is 13.1 Å². The van der Waals surface area contributed by atoms with Gasteiger partial charge in [-0.1, -0.05) is 12.1 Å². The lowest BCUT2D eigenvalue weighted by atomic mass is 9.90. The molecule has 1 atom stereocenters. The van der Waals surface area contributed by atoms with Crippen molar-refractivity contribution in [1.82, 2.24) is 14.7 Å². The number of hydrogen-bond donors (Lipinski definition) is 1. The zero-order valence-corrected chi connectivity index (χ0v) is 13.0. The summed E-state index contributed by atoms with van der Waals surface area (Å²) < 4.78 is 1.62. The van der Waals surface area contributed by atoms with Gasteiger partial charge in [0.15, 0.2) is 0 Å². The fourth-order valence-corrected chi connectivity index (χ4v) is 3.02. The van der Waals surface area contributed by atoms with Crippen LogP contribution in [0.15, 0.2) is 36.5 Å². The molecule has 23 heavy (non-hydrogen) atoms. The average molecular weight is 313 g/mol. The first-order chi connectivity index (χ1) is 11.0. The Bertz CT molecular complexity index is 721. The molecule has 6 nitrogen and oxygen atoms in total. The number of carbonyl (C=O) groups is 2. The zero-order valence-electron chi connectivity index (χ0n) is 13.0. The van der Waals surface area contributed by atoms with E-state index < -0.39 is 5.97 Å². The number of aromatic carboxylic acids is 1. The third-order valence-corrected chi connectivity index (χ3v) is 4.27. The van der Waals surface area contributed by atoms with Gasteiger partial charge in [0.25, 0.3) is 5.91 Å². The summed E-state index contributed by atoms with van der Waals surface area (Å²) in [7, 11) is 1.79. The summed E-state index contributed by atoms with van der Waals surface area (Å²) in [4.78, 5) is 25.3. The summed E-state index contributed by atoms with van der Waals surface area (Å²) in [6.07, 6.45) is 3.70. The van der Waals surface area contributed by atoms with E-state index in [9.17, 15) is 9.59 Å². The molecule has 0 aliphatic carbocycles. The summed E-state index contributed by atoms with van der Waals surface area (Å²) >= 11 is 0. The fraction of sp³-hybridized carbons (Fsp3) is 0.353. The number of piperidine rings is 1. The second kappa shape index (κ2) is 6.24. The normalized spacial score (nSPS) is 18.0. The minimum atomic E-state index is -0.924. The molecule has 1 N–H and O–H groups in total. The molecule has 0 radical (unpaired) electrons. The Balaban J connectivity index is 1.72. The molecule has 1 aliphatic heterocycles. The van der Waals surface area contributed by atoms with Crippen LogP contribution in [0.3, 0.4) is 0 Å². The number of carbonyl (C=O) groups excluding carboxylic acids is 1. The Morgan fingerprint density at radius 1 is 1.22 bits per heavy atom. The summed E-state index contributed by atoms with van der Waals surface area (Å²) in [5.41, 5.74) is 1.83. The Morgan fingerprint density at radius 3 is 2.57 bits per heavy atom. The Morgan fingerprint density at radius 2 is 1.96 bits per heavy atom. The highest BCUT2D eigenvalue weighted by molar-refractivity contribution is 5.92. The van der Waals surface area contributed by atoms with Crippen molar-refractivity contribution >= 4 is 11.9 Å². The summed E-state index contributed by atoms with van der Waals surface area (Å²) in [5, 5.41) is 13.1. The van der Waals surface area contributed by atoms with Gasteiger partial charge < -0.3 is 10.0 Å². The van der Waals surface area contributed by atoms with E-state index in [1.807, 2.05) is 17.0 Å². The van der Waals surface area contributed by atoms with Crippen molar-refractivity contribution in [3.05, 3.63) is 53.3 Å².